The normalized spacial score (nSPS) is 14.9. The summed E-state index contributed by atoms with van der Waals surface area (Å²) in [5.74, 6) is 0.210. The van der Waals surface area contributed by atoms with Crippen LogP contribution in [0.15, 0.2) is 42.9 Å². The highest BCUT2D eigenvalue weighted by molar-refractivity contribution is 5.95. The number of nitrogens with zero attached hydrogens (tertiary/aromatic N) is 5. The third kappa shape index (κ3) is 5.35. The van der Waals surface area contributed by atoms with Crippen molar-refractivity contribution in [3.8, 4) is 17.3 Å². The molecule has 3 aromatic rings. The van der Waals surface area contributed by atoms with Crippen molar-refractivity contribution in [1.82, 2.24) is 25.1 Å². The molecule has 0 aliphatic carbocycles. The monoisotopic (exact) mass is 445 g/mol. The maximum absolute atomic E-state index is 12.3. The van der Waals surface area contributed by atoms with E-state index in [1.807, 2.05) is 36.9 Å². The number of benzene rings is 1. The van der Waals surface area contributed by atoms with Crippen LogP contribution < -0.4 is 10.6 Å². The molecule has 0 bridgehead atoms. The molecule has 1 atom stereocenters. The lowest BCUT2D eigenvalue weighted by molar-refractivity contribution is 0.0662. The van der Waals surface area contributed by atoms with Crippen molar-refractivity contribution in [2.75, 3.05) is 18.5 Å². The lowest BCUT2D eigenvalue weighted by Crippen LogP contribution is -2.33. The first-order valence-corrected chi connectivity index (χ1v) is 11.1. The van der Waals surface area contributed by atoms with E-state index in [2.05, 4.69) is 31.8 Å². The van der Waals surface area contributed by atoms with Crippen molar-refractivity contribution in [3.05, 3.63) is 54.0 Å². The molecule has 2 N–H and O–H groups in total. The number of rotatable bonds is 7. The molecule has 1 saturated heterocycles. The van der Waals surface area contributed by atoms with Gasteiger partial charge in [0.15, 0.2) is 0 Å². The summed E-state index contributed by atoms with van der Waals surface area (Å²) >= 11 is 0. The second-order valence-electron chi connectivity index (χ2n) is 8.04. The molecule has 170 valence electrons. The van der Waals surface area contributed by atoms with E-state index in [1.165, 1.54) is 0 Å². The van der Waals surface area contributed by atoms with E-state index >= 15 is 0 Å². The molecular formula is C24H27N7O2. The second-order valence-corrected chi connectivity index (χ2v) is 8.04. The molecule has 4 rings (SSSR count). The Morgan fingerprint density at radius 1 is 1.27 bits per heavy atom. The van der Waals surface area contributed by atoms with Crippen molar-refractivity contribution >= 4 is 17.5 Å². The van der Waals surface area contributed by atoms with Gasteiger partial charge < -0.3 is 15.4 Å². The van der Waals surface area contributed by atoms with E-state index in [4.69, 9.17) is 10.00 Å². The number of ether oxygens (including phenoxy) is 1. The summed E-state index contributed by atoms with van der Waals surface area (Å²) in [4.78, 5) is 21.4. The summed E-state index contributed by atoms with van der Waals surface area (Å²) in [6, 6.07) is 9.11. The van der Waals surface area contributed by atoms with Gasteiger partial charge in [0, 0.05) is 36.7 Å². The Hall–Kier alpha value is -3.77. The fraction of sp³-hybridized carbons (Fsp3) is 0.375. The Labute approximate surface area is 192 Å². The zero-order valence-corrected chi connectivity index (χ0v) is 18.8. The molecule has 1 aliphatic heterocycles. The smallest absolute Gasteiger partial charge is 0.252 e. The van der Waals surface area contributed by atoms with E-state index in [-0.39, 0.29) is 5.91 Å². The molecule has 9 heteroatoms. The van der Waals surface area contributed by atoms with Gasteiger partial charge in [0.25, 0.3) is 5.91 Å². The van der Waals surface area contributed by atoms with Crippen molar-refractivity contribution in [2.24, 2.45) is 0 Å². The first kappa shape index (κ1) is 22.4. The van der Waals surface area contributed by atoms with Crippen LogP contribution in [-0.4, -0.2) is 44.9 Å². The maximum Gasteiger partial charge on any atom is 0.252 e. The van der Waals surface area contributed by atoms with E-state index in [9.17, 15) is 4.79 Å². The van der Waals surface area contributed by atoms with Crippen molar-refractivity contribution in [3.63, 3.8) is 0 Å². The third-order valence-corrected chi connectivity index (χ3v) is 5.68. The Morgan fingerprint density at radius 3 is 2.73 bits per heavy atom. The van der Waals surface area contributed by atoms with Gasteiger partial charge in [-0.15, -0.1) is 0 Å². The first-order valence-electron chi connectivity index (χ1n) is 11.1. The molecule has 1 fully saturated rings. The predicted molar refractivity (Wildman–Crippen MR) is 124 cm³/mol. The summed E-state index contributed by atoms with van der Waals surface area (Å²) in [6.07, 6.45) is 7.98. The summed E-state index contributed by atoms with van der Waals surface area (Å²) in [6.45, 7) is 5.32. The third-order valence-electron chi connectivity index (χ3n) is 5.68. The van der Waals surface area contributed by atoms with E-state index in [1.54, 1.807) is 24.5 Å². The number of nitrogens with one attached hydrogen (secondary N) is 2. The predicted octanol–water partition coefficient (Wildman–Crippen LogP) is 3.78. The highest BCUT2D eigenvalue weighted by Crippen LogP contribution is 2.25. The lowest BCUT2D eigenvalue weighted by Gasteiger charge is -2.22. The summed E-state index contributed by atoms with van der Waals surface area (Å²) < 4.78 is 7.40. The van der Waals surface area contributed by atoms with Crippen LogP contribution in [-0.2, 0) is 4.74 Å². The fourth-order valence-electron chi connectivity index (χ4n) is 3.72. The van der Waals surface area contributed by atoms with E-state index < -0.39 is 6.04 Å². The van der Waals surface area contributed by atoms with Gasteiger partial charge in [0.05, 0.1) is 29.7 Å². The Morgan fingerprint density at radius 2 is 2.03 bits per heavy atom. The summed E-state index contributed by atoms with van der Waals surface area (Å²) in [5.41, 5.74) is 3.90. The van der Waals surface area contributed by atoms with Gasteiger partial charge in [0.2, 0.25) is 5.95 Å². The molecule has 33 heavy (non-hydrogen) atoms. The summed E-state index contributed by atoms with van der Waals surface area (Å²) in [7, 11) is 0. The van der Waals surface area contributed by atoms with Crippen LogP contribution in [0, 0.1) is 18.3 Å². The number of hydrogen-bond donors (Lipinski definition) is 2. The molecule has 1 amide bonds. The number of carbonyl (C=O) groups is 1. The molecule has 9 nitrogen and oxygen atoms in total. The average molecular weight is 446 g/mol. The lowest BCUT2D eigenvalue weighted by atomic mass is 10.1. The number of anilines is 2. The average Bonchev–Trinajstić information content (AvgIpc) is 3.33. The highest BCUT2D eigenvalue weighted by Gasteiger charge is 2.17. The largest absolute Gasteiger partial charge is 0.381 e. The Kier molecular flexibility index (Phi) is 6.95. The zero-order chi connectivity index (χ0) is 23.2. The van der Waals surface area contributed by atoms with Crippen LogP contribution >= 0.6 is 0 Å². The van der Waals surface area contributed by atoms with Gasteiger partial charge in [0.1, 0.15) is 6.04 Å². The number of nitriles is 1. The van der Waals surface area contributed by atoms with E-state index in [0.29, 0.717) is 24.0 Å². The molecule has 1 aromatic carbocycles. The molecule has 0 radical (unpaired) electrons. The van der Waals surface area contributed by atoms with Gasteiger partial charge in [-0.05, 0) is 43.9 Å². The van der Waals surface area contributed by atoms with Gasteiger partial charge in [-0.25, -0.2) is 9.97 Å². The number of hydrogen-bond acceptors (Lipinski definition) is 7. The van der Waals surface area contributed by atoms with Gasteiger partial charge in [-0.2, -0.15) is 10.4 Å². The molecule has 2 aromatic heterocycles. The molecular weight excluding hydrogens is 418 g/mol. The SMILES string of the molecule is CCC(C#N)NC(=O)c1ccc(-c2nc(Nc3cnn(C4CCOCC4)c3)ncc2C)cc1. The van der Waals surface area contributed by atoms with Crippen LogP contribution in [0.2, 0.25) is 0 Å². The number of aryl methyl sites for hydroxylation is 1. The van der Waals surface area contributed by atoms with Crippen LogP contribution in [0.5, 0.6) is 0 Å². The van der Waals surface area contributed by atoms with Crippen molar-refractivity contribution < 1.29 is 9.53 Å². The number of amides is 1. The summed E-state index contributed by atoms with van der Waals surface area (Å²) in [5, 5.41) is 19.5. The number of aromatic nitrogens is 4. The zero-order valence-electron chi connectivity index (χ0n) is 18.8. The van der Waals surface area contributed by atoms with Gasteiger partial charge in [-0.1, -0.05) is 19.1 Å². The number of carbonyl (C=O) groups excluding carboxylic acids is 1. The Bertz CT molecular complexity index is 1140. The van der Waals surface area contributed by atoms with Crippen molar-refractivity contribution in [1.29, 1.82) is 5.26 Å². The van der Waals surface area contributed by atoms with Crippen LogP contribution in [0.4, 0.5) is 11.6 Å². The standard InChI is InChI=1S/C24H27N7O2/c1-3-19(12-25)28-23(32)18-6-4-17(5-7-18)22-16(2)13-26-24(30-22)29-20-14-27-31(15-20)21-8-10-33-11-9-21/h4-7,13-15,19,21H,3,8-11H2,1-2H3,(H,28,32)(H,26,29,30). The Balaban J connectivity index is 1.48. The minimum absolute atomic E-state index is 0.266. The minimum atomic E-state index is -0.495. The first-order chi connectivity index (χ1) is 16.1. The molecule has 3 heterocycles. The van der Waals surface area contributed by atoms with Gasteiger partial charge >= 0.3 is 0 Å². The van der Waals surface area contributed by atoms with Gasteiger partial charge in [-0.3, -0.25) is 9.48 Å². The van der Waals surface area contributed by atoms with Crippen LogP contribution in [0.25, 0.3) is 11.3 Å². The molecule has 1 aliphatic rings. The molecule has 0 spiro atoms. The van der Waals surface area contributed by atoms with E-state index in [0.717, 1.165) is 48.6 Å². The topological polar surface area (TPSA) is 118 Å². The van der Waals surface area contributed by atoms with Crippen LogP contribution in [0.1, 0.15) is 48.1 Å². The fourth-order valence-corrected chi connectivity index (χ4v) is 3.72. The minimum Gasteiger partial charge on any atom is -0.381 e. The molecule has 1 unspecified atom stereocenters. The van der Waals surface area contributed by atoms with Crippen LogP contribution in [0.3, 0.4) is 0 Å². The molecule has 0 saturated carbocycles. The maximum atomic E-state index is 12.3. The van der Waals surface area contributed by atoms with Crippen molar-refractivity contribution in [2.45, 2.75) is 45.2 Å². The highest BCUT2D eigenvalue weighted by atomic mass is 16.5. The second kappa shape index (κ2) is 10.2. The quantitative estimate of drug-likeness (QED) is 0.568.